The zero-order valence-corrected chi connectivity index (χ0v) is 9.46. The Labute approximate surface area is 96.3 Å². The minimum absolute atomic E-state index is 0.610. The SMILES string of the molecule is Cc1cc(C#CC2CC2)ccc1/C(N)=C/N. The van der Waals surface area contributed by atoms with Crippen molar-refractivity contribution in [1.82, 2.24) is 0 Å². The predicted molar refractivity (Wildman–Crippen MR) is 67.1 cm³/mol. The summed E-state index contributed by atoms with van der Waals surface area (Å²) in [5.41, 5.74) is 14.9. The molecule has 1 aromatic carbocycles. The highest BCUT2D eigenvalue weighted by Crippen LogP contribution is 2.27. The molecule has 0 aliphatic heterocycles. The van der Waals surface area contributed by atoms with Crippen molar-refractivity contribution in [1.29, 1.82) is 0 Å². The summed E-state index contributed by atoms with van der Waals surface area (Å²) in [4.78, 5) is 0. The van der Waals surface area contributed by atoms with Crippen molar-refractivity contribution in [3.8, 4) is 11.8 Å². The lowest BCUT2D eigenvalue weighted by Crippen LogP contribution is -2.01. The van der Waals surface area contributed by atoms with Gasteiger partial charge in [0.05, 0.1) is 5.70 Å². The molecule has 1 aliphatic carbocycles. The van der Waals surface area contributed by atoms with Gasteiger partial charge in [-0.3, -0.25) is 0 Å². The lowest BCUT2D eigenvalue weighted by molar-refractivity contribution is 1.18. The van der Waals surface area contributed by atoms with Crippen LogP contribution in [-0.2, 0) is 0 Å². The highest BCUT2D eigenvalue weighted by Gasteiger charge is 2.17. The topological polar surface area (TPSA) is 52.0 Å². The quantitative estimate of drug-likeness (QED) is 0.699. The zero-order chi connectivity index (χ0) is 11.5. The van der Waals surface area contributed by atoms with Gasteiger partial charge in [-0.1, -0.05) is 17.9 Å². The summed E-state index contributed by atoms with van der Waals surface area (Å²) in [5, 5.41) is 0. The van der Waals surface area contributed by atoms with E-state index in [4.69, 9.17) is 11.5 Å². The number of rotatable bonds is 1. The molecule has 16 heavy (non-hydrogen) atoms. The number of aryl methyl sites for hydroxylation is 1. The molecular formula is C14H16N2. The summed E-state index contributed by atoms with van der Waals surface area (Å²) in [6.07, 6.45) is 3.94. The fourth-order valence-corrected chi connectivity index (χ4v) is 1.57. The number of hydrogen-bond acceptors (Lipinski definition) is 2. The van der Waals surface area contributed by atoms with Crippen LogP contribution in [0.25, 0.3) is 5.70 Å². The molecular weight excluding hydrogens is 196 g/mol. The van der Waals surface area contributed by atoms with Crippen LogP contribution in [0.3, 0.4) is 0 Å². The third-order valence-electron chi connectivity index (χ3n) is 2.71. The molecule has 0 aromatic heterocycles. The minimum atomic E-state index is 0.610. The zero-order valence-electron chi connectivity index (χ0n) is 9.46. The van der Waals surface area contributed by atoms with Crippen molar-refractivity contribution in [2.75, 3.05) is 0 Å². The summed E-state index contributed by atoms with van der Waals surface area (Å²) in [7, 11) is 0. The maximum Gasteiger partial charge on any atom is 0.0547 e. The molecule has 1 saturated carbocycles. The van der Waals surface area contributed by atoms with Gasteiger partial charge in [0.1, 0.15) is 0 Å². The second-order valence-electron chi connectivity index (χ2n) is 4.20. The molecule has 2 rings (SSSR count). The Kier molecular flexibility index (Phi) is 2.87. The van der Waals surface area contributed by atoms with Gasteiger partial charge >= 0.3 is 0 Å². The molecule has 0 bridgehead atoms. The summed E-state index contributed by atoms with van der Waals surface area (Å²) in [6, 6.07) is 6.03. The standard InChI is InChI=1S/C14H16N2/c1-10-8-12(5-4-11-2-3-11)6-7-13(10)14(16)9-15/h6-9,11H,2-3,15-16H2,1H3/b14-9-. The molecule has 1 aliphatic rings. The lowest BCUT2D eigenvalue weighted by atomic mass is 10.0. The Balaban J connectivity index is 2.26. The van der Waals surface area contributed by atoms with Crippen LogP contribution in [0.1, 0.15) is 29.5 Å². The Morgan fingerprint density at radius 3 is 2.75 bits per heavy atom. The molecule has 0 saturated heterocycles. The van der Waals surface area contributed by atoms with E-state index >= 15 is 0 Å². The molecule has 0 atom stereocenters. The molecule has 2 heteroatoms. The fourth-order valence-electron chi connectivity index (χ4n) is 1.57. The van der Waals surface area contributed by atoms with Gasteiger partial charge in [-0.15, -0.1) is 0 Å². The molecule has 0 amide bonds. The van der Waals surface area contributed by atoms with Crippen LogP contribution in [0.15, 0.2) is 24.4 Å². The summed E-state index contributed by atoms with van der Waals surface area (Å²) < 4.78 is 0. The summed E-state index contributed by atoms with van der Waals surface area (Å²) >= 11 is 0. The van der Waals surface area contributed by atoms with E-state index in [0.717, 1.165) is 16.7 Å². The number of benzene rings is 1. The van der Waals surface area contributed by atoms with Crippen LogP contribution in [-0.4, -0.2) is 0 Å². The van der Waals surface area contributed by atoms with E-state index < -0.39 is 0 Å². The van der Waals surface area contributed by atoms with Crippen molar-refractivity contribution in [2.24, 2.45) is 17.4 Å². The van der Waals surface area contributed by atoms with Crippen molar-refractivity contribution in [2.45, 2.75) is 19.8 Å². The highest BCUT2D eigenvalue weighted by molar-refractivity contribution is 5.66. The molecule has 0 radical (unpaired) electrons. The van der Waals surface area contributed by atoms with Gasteiger partial charge in [-0.05, 0) is 37.5 Å². The van der Waals surface area contributed by atoms with E-state index in [1.807, 2.05) is 19.1 Å². The molecule has 82 valence electrons. The smallest absolute Gasteiger partial charge is 0.0547 e. The Morgan fingerprint density at radius 2 is 2.19 bits per heavy atom. The predicted octanol–water partition coefficient (Wildman–Crippen LogP) is 1.97. The second kappa shape index (κ2) is 4.32. The van der Waals surface area contributed by atoms with Crippen molar-refractivity contribution in [3.05, 3.63) is 41.1 Å². The molecule has 1 aromatic rings. The third kappa shape index (κ3) is 2.38. The van der Waals surface area contributed by atoms with Gasteiger partial charge in [-0.2, -0.15) is 0 Å². The van der Waals surface area contributed by atoms with Gasteiger partial charge in [0.25, 0.3) is 0 Å². The van der Waals surface area contributed by atoms with E-state index in [9.17, 15) is 0 Å². The van der Waals surface area contributed by atoms with E-state index in [-0.39, 0.29) is 0 Å². The van der Waals surface area contributed by atoms with E-state index in [2.05, 4.69) is 17.9 Å². The Bertz CT molecular complexity index is 485. The average Bonchev–Trinajstić information content (AvgIpc) is 3.09. The van der Waals surface area contributed by atoms with Crippen molar-refractivity contribution < 1.29 is 0 Å². The third-order valence-corrected chi connectivity index (χ3v) is 2.71. The van der Waals surface area contributed by atoms with Crippen LogP contribution in [0.5, 0.6) is 0 Å². The van der Waals surface area contributed by atoms with Gasteiger partial charge < -0.3 is 11.5 Å². The molecule has 0 unspecified atom stereocenters. The van der Waals surface area contributed by atoms with Gasteiger partial charge in [-0.25, -0.2) is 0 Å². The van der Waals surface area contributed by atoms with Crippen LogP contribution in [0.2, 0.25) is 0 Å². The maximum absolute atomic E-state index is 5.78. The number of hydrogen-bond donors (Lipinski definition) is 2. The molecule has 4 N–H and O–H groups in total. The average molecular weight is 212 g/mol. The first-order valence-corrected chi connectivity index (χ1v) is 5.50. The highest BCUT2D eigenvalue weighted by atomic mass is 14.6. The van der Waals surface area contributed by atoms with Crippen molar-refractivity contribution >= 4 is 5.70 Å². The first kappa shape index (κ1) is 10.6. The summed E-state index contributed by atoms with van der Waals surface area (Å²) in [5.74, 6) is 7.07. The van der Waals surface area contributed by atoms with Crippen LogP contribution < -0.4 is 11.5 Å². The first-order valence-electron chi connectivity index (χ1n) is 5.50. The fraction of sp³-hybridized carbons (Fsp3) is 0.286. The van der Waals surface area contributed by atoms with Crippen LogP contribution in [0, 0.1) is 24.7 Å². The van der Waals surface area contributed by atoms with Gasteiger partial charge in [0, 0.05) is 23.2 Å². The van der Waals surface area contributed by atoms with E-state index in [1.165, 1.54) is 19.0 Å². The van der Waals surface area contributed by atoms with Crippen molar-refractivity contribution in [3.63, 3.8) is 0 Å². The lowest BCUT2D eigenvalue weighted by Gasteiger charge is -2.05. The molecule has 0 spiro atoms. The second-order valence-corrected chi connectivity index (χ2v) is 4.20. The Morgan fingerprint density at radius 1 is 1.44 bits per heavy atom. The monoisotopic (exact) mass is 212 g/mol. The largest absolute Gasteiger partial charge is 0.403 e. The molecule has 1 fully saturated rings. The normalized spacial score (nSPS) is 15.4. The molecule has 2 nitrogen and oxygen atoms in total. The summed E-state index contributed by atoms with van der Waals surface area (Å²) in [6.45, 7) is 2.02. The first-order chi connectivity index (χ1) is 7.70. The number of nitrogens with two attached hydrogens (primary N) is 2. The Hall–Kier alpha value is -1.88. The van der Waals surface area contributed by atoms with E-state index in [0.29, 0.717) is 11.6 Å². The van der Waals surface area contributed by atoms with Crippen LogP contribution >= 0.6 is 0 Å². The minimum Gasteiger partial charge on any atom is -0.403 e. The maximum atomic E-state index is 5.78. The molecule has 0 heterocycles. The van der Waals surface area contributed by atoms with Crippen LogP contribution in [0.4, 0.5) is 0 Å². The van der Waals surface area contributed by atoms with E-state index in [1.54, 1.807) is 0 Å². The van der Waals surface area contributed by atoms with Gasteiger partial charge in [0.15, 0.2) is 0 Å². The van der Waals surface area contributed by atoms with Gasteiger partial charge in [0.2, 0.25) is 0 Å².